The van der Waals surface area contributed by atoms with E-state index in [1.807, 2.05) is 43.7 Å². The highest BCUT2D eigenvalue weighted by atomic mass is 16.5. The van der Waals surface area contributed by atoms with E-state index in [0.717, 1.165) is 48.8 Å². The molecule has 0 fully saturated rings. The molecule has 25 heavy (non-hydrogen) atoms. The topological polar surface area (TPSA) is 81.1 Å². The van der Waals surface area contributed by atoms with Crippen LogP contribution in [0.5, 0.6) is 5.75 Å². The van der Waals surface area contributed by atoms with Crippen molar-refractivity contribution in [1.82, 2.24) is 20.1 Å². The zero-order valence-corrected chi connectivity index (χ0v) is 15.0. The monoisotopic (exact) mass is 343 g/mol. The lowest BCUT2D eigenvalue weighted by atomic mass is 10.1. The molecule has 3 rings (SSSR count). The van der Waals surface area contributed by atoms with Gasteiger partial charge < -0.3 is 15.4 Å². The number of benzene rings is 1. The van der Waals surface area contributed by atoms with Crippen molar-refractivity contribution >= 4 is 11.7 Å². The lowest BCUT2D eigenvalue weighted by Gasteiger charge is -2.23. The van der Waals surface area contributed by atoms with Crippen LogP contribution in [-0.4, -0.2) is 27.4 Å². The van der Waals surface area contributed by atoms with Gasteiger partial charge in [0.05, 0.1) is 12.6 Å². The van der Waals surface area contributed by atoms with Gasteiger partial charge in [-0.25, -0.2) is 14.5 Å². The van der Waals surface area contributed by atoms with E-state index in [1.165, 1.54) is 0 Å². The van der Waals surface area contributed by atoms with Gasteiger partial charge in [-0.15, -0.1) is 0 Å². The molecule has 0 radical (unpaired) electrons. The average Bonchev–Trinajstić information content (AvgIpc) is 3.02. The van der Waals surface area contributed by atoms with E-state index in [-0.39, 0.29) is 12.1 Å². The standard InChI is InChI=1S/C18H25N5O2/c1-4-16-21-17-14(7-6-10-23(17)22-16)20-18(24)19-13-9-8-12(3)15(11-13)25-5-2/h8-9,11,14H,4-7,10H2,1-3H3,(H2,19,20,24)/t14-/m1/s1. The SMILES string of the molecule is CCOc1cc(NC(=O)N[C@@H]2CCCn3nc(CC)nc32)ccc1C. The molecule has 2 aromatic rings. The Morgan fingerprint density at radius 3 is 3.00 bits per heavy atom. The van der Waals surface area contributed by atoms with Crippen molar-refractivity contribution in [3.05, 3.63) is 35.4 Å². The van der Waals surface area contributed by atoms with Gasteiger partial charge in [0, 0.05) is 24.7 Å². The molecule has 0 aliphatic carbocycles. The second-order valence-corrected chi connectivity index (χ2v) is 6.17. The molecule has 0 saturated carbocycles. The van der Waals surface area contributed by atoms with Crippen molar-refractivity contribution < 1.29 is 9.53 Å². The van der Waals surface area contributed by atoms with Gasteiger partial charge in [0.15, 0.2) is 5.82 Å². The molecule has 0 bridgehead atoms. The quantitative estimate of drug-likeness (QED) is 0.873. The number of anilines is 1. The minimum Gasteiger partial charge on any atom is -0.494 e. The molecule has 2 N–H and O–H groups in total. The molecule has 1 atom stereocenters. The number of aryl methyl sites for hydroxylation is 3. The van der Waals surface area contributed by atoms with Crippen LogP contribution in [0.2, 0.25) is 0 Å². The van der Waals surface area contributed by atoms with Crippen LogP contribution in [-0.2, 0) is 13.0 Å². The largest absolute Gasteiger partial charge is 0.494 e. The molecule has 2 heterocycles. The fourth-order valence-electron chi connectivity index (χ4n) is 3.00. The second kappa shape index (κ2) is 7.55. The summed E-state index contributed by atoms with van der Waals surface area (Å²) in [5.74, 6) is 2.45. The number of fused-ring (bicyclic) bond motifs is 1. The molecule has 1 aliphatic heterocycles. The Hall–Kier alpha value is -2.57. The number of carbonyl (C=O) groups is 1. The van der Waals surface area contributed by atoms with E-state index in [4.69, 9.17) is 4.74 Å². The first-order valence-corrected chi connectivity index (χ1v) is 8.85. The molecule has 1 aromatic carbocycles. The first-order valence-electron chi connectivity index (χ1n) is 8.85. The molecule has 2 amide bonds. The molecular formula is C18H25N5O2. The Morgan fingerprint density at radius 1 is 1.40 bits per heavy atom. The normalized spacial score (nSPS) is 16.2. The Bertz CT molecular complexity index is 756. The fraction of sp³-hybridized carbons (Fsp3) is 0.500. The summed E-state index contributed by atoms with van der Waals surface area (Å²) < 4.78 is 7.49. The zero-order chi connectivity index (χ0) is 17.8. The maximum atomic E-state index is 12.4. The molecule has 134 valence electrons. The van der Waals surface area contributed by atoms with E-state index >= 15 is 0 Å². The third-order valence-corrected chi connectivity index (χ3v) is 4.29. The van der Waals surface area contributed by atoms with Gasteiger partial charge >= 0.3 is 6.03 Å². The van der Waals surface area contributed by atoms with Crippen LogP contribution in [0.15, 0.2) is 18.2 Å². The molecule has 1 aromatic heterocycles. The zero-order valence-electron chi connectivity index (χ0n) is 15.0. The summed E-state index contributed by atoms with van der Waals surface area (Å²) in [6, 6.07) is 5.29. The summed E-state index contributed by atoms with van der Waals surface area (Å²) in [5.41, 5.74) is 1.75. The van der Waals surface area contributed by atoms with E-state index < -0.39 is 0 Å². The highest BCUT2D eigenvalue weighted by Crippen LogP contribution is 2.25. The first kappa shape index (κ1) is 17.3. The fourth-order valence-corrected chi connectivity index (χ4v) is 3.00. The van der Waals surface area contributed by atoms with Crippen LogP contribution >= 0.6 is 0 Å². The van der Waals surface area contributed by atoms with Crippen LogP contribution in [0.4, 0.5) is 10.5 Å². The highest BCUT2D eigenvalue weighted by molar-refractivity contribution is 5.89. The van der Waals surface area contributed by atoms with Gasteiger partial charge in [0.1, 0.15) is 11.6 Å². The molecule has 7 nitrogen and oxygen atoms in total. The molecular weight excluding hydrogens is 318 g/mol. The number of hydrogen-bond acceptors (Lipinski definition) is 4. The van der Waals surface area contributed by atoms with Crippen LogP contribution in [0.1, 0.15) is 49.9 Å². The summed E-state index contributed by atoms with van der Waals surface area (Å²) in [7, 11) is 0. The smallest absolute Gasteiger partial charge is 0.319 e. The third kappa shape index (κ3) is 3.92. The van der Waals surface area contributed by atoms with E-state index in [9.17, 15) is 4.79 Å². The van der Waals surface area contributed by atoms with Crippen molar-refractivity contribution in [2.75, 3.05) is 11.9 Å². The van der Waals surface area contributed by atoms with Crippen LogP contribution < -0.4 is 15.4 Å². The maximum absolute atomic E-state index is 12.4. The van der Waals surface area contributed by atoms with Crippen molar-refractivity contribution in [3.63, 3.8) is 0 Å². The number of nitrogens with one attached hydrogen (secondary N) is 2. The number of aromatic nitrogens is 3. The van der Waals surface area contributed by atoms with Crippen LogP contribution in [0.3, 0.4) is 0 Å². The summed E-state index contributed by atoms with van der Waals surface area (Å²) in [5, 5.41) is 10.4. The number of nitrogens with zero attached hydrogens (tertiary/aromatic N) is 3. The molecule has 0 unspecified atom stereocenters. The lowest BCUT2D eigenvalue weighted by molar-refractivity contribution is 0.244. The van der Waals surface area contributed by atoms with Crippen LogP contribution in [0.25, 0.3) is 0 Å². The van der Waals surface area contributed by atoms with Gasteiger partial charge in [-0.3, -0.25) is 0 Å². The van der Waals surface area contributed by atoms with Gasteiger partial charge in [-0.1, -0.05) is 13.0 Å². The number of rotatable bonds is 5. The van der Waals surface area contributed by atoms with E-state index in [0.29, 0.717) is 12.3 Å². The van der Waals surface area contributed by atoms with Gasteiger partial charge in [0.25, 0.3) is 0 Å². The number of amides is 2. The Kier molecular flexibility index (Phi) is 5.21. The minimum absolute atomic E-state index is 0.113. The van der Waals surface area contributed by atoms with Crippen molar-refractivity contribution in [1.29, 1.82) is 0 Å². The van der Waals surface area contributed by atoms with Gasteiger partial charge in [0.2, 0.25) is 0 Å². The number of urea groups is 1. The lowest BCUT2D eigenvalue weighted by Crippen LogP contribution is -2.36. The summed E-state index contributed by atoms with van der Waals surface area (Å²) in [6.45, 7) is 7.40. The maximum Gasteiger partial charge on any atom is 0.319 e. The molecule has 1 aliphatic rings. The number of hydrogen-bond donors (Lipinski definition) is 2. The Morgan fingerprint density at radius 2 is 2.24 bits per heavy atom. The molecule has 7 heteroatoms. The average molecular weight is 343 g/mol. The van der Waals surface area contributed by atoms with Crippen molar-refractivity contribution in [2.24, 2.45) is 0 Å². The Balaban J connectivity index is 1.67. The third-order valence-electron chi connectivity index (χ3n) is 4.29. The van der Waals surface area contributed by atoms with Crippen LogP contribution in [0, 0.1) is 6.92 Å². The summed E-state index contributed by atoms with van der Waals surface area (Å²) in [6.07, 6.45) is 2.64. The summed E-state index contributed by atoms with van der Waals surface area (Å²) in [4.78, 5) is 17.0. The van der Waals surface area contributed by atoms with Gasteiger partial charge in [-0.05, 0) is 38.3 Å². The highest BCUT2D eigenvalue weighted by Gasteiger charge is 2.25. The predicted molar refractivity (Wildman–Crippen MR) is 95.9 cm³/mol. The second-order valence-electron chi connectivity index (χ2n) is 6.17. The number of carbonyl (C=O) groups excluding carboxylic acids is 1. The summed E-state index contributed by atoms with van der Waals surface area (Å²) >= 11 is 0. The van der Waals surface area contributed by atoms with Gasteiger partial charge in [-0.2, -0.15) is 5.10 Å². The van der Waals surface area contributed by atoms with E-state index in [1.54, 1.807) is 0 Å². The molecule has 0 saturated heterocycles. The van der Waals surface area contributed by atoms with Crippen molar-refractivity contribution in [2.45, 2.75) is 52.6 Å². The minimum atomic E-state index is -0.245. The Labute approximate surface area is 147 Å². The number of ether oxygens (including phenoxy) is 1. The molecule has 0 spiro atoms. The predicted octanol–water partition coefficient (Wildman–Crippen LogP) is 3.20. The van der Waals surface area contributed by atoms with E-state index in [2.05, 4.69) is 20.7 Å². The first-order chi connectivity index (χ1) is 12.1. The van der Waals surface area contributed by atoms with Crippen molar-refractivity contribution in [3.8, 4) is 5.75 Å².